The predicted octanol–water partition coefficient (Wildman–Crippen LogP) is 5.49. The molecule has 0 aromatic heterocycles. The molecule has 4 rings (SSSR count). The lowest BCUT2D eigenvalue weighted by molar-refractivity contribution is 0.583. The van der Waals surface area contributed by atoms with Crippen molar-refractivity contribution >= 4 is 29.3 Å². The summed E-state index contributed by atoms with van der Waals surface area (Å²) in [6, 6.07) is 32.9. The van der Waals surface area contributed by atoms with E-state index in [0.29, 0.717) is 11.4 Å². The molecule has 0 radical (unpaired) electrons. The fourth-order valence-corrected chi connectivity index (χ4v) is 6.58. The summed E-state index contributed by atoms with van der Waals surface area (Å²) in [5, 5.41) is 16.1. The van der Waals surface area contributed by atoms with Gasteiger partial charge in [0.1, 0.15) is 18.8 Å². The molecule has 1 aliphatic rings. The predicted molar refractivity (Wildman–Crippen MR) is 131 cm³/mol. The minimum absolute atomic E-state index is 0.372. The lowest BCUT2D eigenvalue weighted by Crippen LogP contribution is -2.32. The highest BCUT2D eigenvalue weighted by molar-refractivity contribution is 7.79. The summed E-state index contributed by atoms with van der Waals surface area (Å²) in [5.74, 6) is 0.508. The topological polar surface area (TPSA) is 60.5 Å². The SMILES string of the molecule is CC(C)(C)N=C1N=P(c2ccccc2)(c2ccccc2)NC(c2ccccc2)=C1C#N. The molecule has 0 saturated carbocycles. The van der Waals surface area contributed by atoms with Gasteiger partial charge in [-0.25, -0.2) is 4.74 Å². The summed E-state index contributed by atoms with van der Waals surface area (Å²) in [5.41, 5.74) is 1.83. The van der Waals surface area contributed by atoms with E-state index in [2.05, 4.69) is 35.4 Å². The van der Waals surface area contributed by atoms with Crippen LogP contribution in [-0.4, -0.2) is 11.4 Å². The molecule has 1 N–H and O–H groups in total. The molecule has 0 atom stereocenters. The highest BCUT2D eigenvalue weighted by atomic mass is 31.2. The van der Waals surface area contributed by atoms with Crippen LogP contribution in [0.5, 0.6) is 0 Å². The molecule has 1 heterocycles. The van der Waals surface area contributed by atoms with E-state index in [1.54, 1.807) is 0 Å². The zero-order chi connectivity index (χ0) is 21.9. The lowest BCUT2D eigenvalue weighted by atomic mass is 10.1. The van der Waals surface area contributed by atoms with E-state index in [0.717, 1.165) is 21.9 Å². The van der Waals surface area contributed by atoms with Crippen LogP contribution in [0.25, 0.3) is 5.70 Å². The highest BCUT2D eigenvalue weighted by Gasteiger charge is 2.34. The molecule has 31 heavy (non-hydrogen) atoms. The van der Waals surface area contributed by atoms with Crippen LogP contribution >= 0.6 is 7.21 Å². The van der Waals surface area contributed by atoms with Crippen molar-refractivity contribution < 1.29 is 0 Å². The maximum Gasteiger partial charge on any atom is 0.169 e. The Bertz CT molecular complexity index is 1190. The molecule has 0 bridgehead atoms. The molecule has 0 saturated heterocycles. The Morgan fingerprint density at radius 1 is 0.806 bits per heavy atom. The number of benzene rings is 3. The number of rotatable bonds is 3. The number of hydrogen-bond acceptors (Lipinski definition) is 3. The molecule has 0 unspecified atom stereocenters. The van der Waals surface area contributed by atoms with Gasteiger partial charge in [0.05, 0.1) is 11.2 Å². The van der Waals surface area contributed by atoms with Crippen LogP contribution < -0.4 is 15.7 Å². The van der Waals surface area contributed by atoms with E-state index < -0.39 is 7.21 Å². The molecule has 154 valence electrons. The fraction of sp³-hybridized carbons (Fsp3) is 0.154. The van der Waals surface area contributed by atoms with Crippen LogP contribution in [-0.2, 0) is 0 Å². The van der Waals surface area contributed by atoms with Gasteiger partial charge in [-0.3, -0.25) is 4.99 Å². The zero-order valence-corrected chi connectivity index (χ0v) is 18.8. The van der Waals surface area contributed by atoms with E-state index in [1.807, 2.05) is 87.5 Å². The fourth-order valence-electron chi connectivity index (χ4n) is 3.54. The van der Waals surface area contributed by atoms with Crippen molar-refractivity contribution in [3.05, 3.63) is 102 Å². The maximum absolute atomic E-state index is 10.1. The third-order valence-electron chi connectivity index (χ3n) is 4.87. The Kier molecular flexibility index (Phi) is 5.63. The molecule has 3 aromatic rings. The maximum atomic E-state index is 10.1. The van der Waals surface area contributed by atoms with Crippen molar-refractivity contribution in [2.45, 2.75) is 26.3 Å². The van der Waals surface area contributed by atoms with E-state index >= 15 is 0 Å². The van der Waals surface area contributed by atoms with Gasteiger partial charge >= 0.3 is 0 Å². The molecule has 0 spiro atoms. The molecular weight excluding hydrogens is 399 g/mol. The molecule has 4 nitrogen and oxygen atoms in total. The van der Waals surface area contributed by atoms with E-state index in [4.69, 9.17) is 9.74 Å². The summed E-state index contributed by atoms with van der Waals surface area (Å²) >= 11 is 0. The molecule has 1 aliphatic heterocycles. The van der Waals surface area contributed by atoms with Crippen molar-refractivity contribution in [1.82, 2.24) is 5.09 Å². The minimum Gasteiger partial charge on any atom is -0.343 e. The average Bonchev–Trinajstić information content (AvgIpc) is 2.79. The van der Waals surface area contributed by atoms with Gasteiger partial charge in [0.2, 0.25) is 0 Å². The third kappa shape index (κ3) is 4.24. The van der Waals surface area contributed by atoms with E-state index in [9.17, 15) is 5.26 Å². The van der Waals surface area contributed by atoms with Gasteiger partial charge in [-0.05, 0) is 26.3 Å². The Morgan fingerprint density at radius 2 is 1.29 bits per heavy atom. The number of amidine groups is 1. The average molecular weight is 424 g/mol. The lowest BCUT2D eigenvalue weighted by Gasteiger charge is -2.33. The molecule has 5 heteroatoms. The van der Waals surface area contributed by atoms with Crippen molar-refractivity contribution in [1.29, 1.82) is 5.26 Å². The second kappa shape index (κ2) is 8.38. The second-order valence-electron chi connectivity index (χ2n) is 8.35. The zero-order valence-electron chi connectivity index (χ0n) is 17.9. The van der Waals surface area contributed by atoms with Crippen LogP contribution in [0, 0.1) is 11.3 Å². The van der Waals surface area contributed by atoms with Crippen LogP contribution in [0.4, 0.5) is 0 Å². The van der Waals surface area contributed by atoms with Crippen LogP contribution in [0.2, 0.25) is 0 Å². The first kappa shape index (κ1) is 20.8. The van der Waals surface area contributed by atoms with Gasteiger partial charge in [0.25, 0.3) is 0 Å². The van der Waals surface area contributed by atoms with Gasteiger partial charge in [-0.1, -0.05) is 91.0 Å². The summed E-state index contributed by atoms with van der Waals surface area (Å²) in [6.45, 7) is 6.08. The van der Waals surface area contributed by atoms with Crippen molar-refractivity contribution in [2.75, 3.05) is 0 Å². The Balaban J connectivity index is 2.09. The minimum atomic E-state index is -2.47. The second-order valence-corrected chi connectivity index (χ2v) is 11.1. The van der Waals surface area contributed by atoms with Crippen molar-refractivity contribution in [2.24, 2.45) is 9.74 Å². The number of hydrogen-bond donors (Lipinski definition) is 1. The van der Waals surface area contributed by atoms with E-state index in [-0.39, 0.29) is 5.54 Å². The Hall–Kier alpha value is -3.41. The highest BCUT2D eigenvalue weighted by Crippen LogP contribution is 2.49. The summed E-state index contributed by atoms with van der Waals surface area (Å²) < 4.78 is 5.24. The van der Waals surface area contributed by atoms with Gasteiger partial charge in [0, 0.05) is 10.6 Å². The summed E-state index contributed by atoms with van der Waals surface area (Å²) in [4.78, 5) is 4.90. The Labute approximate surface area is 184 Å². The largest absolute Gasteiger partial charge is 0.343 e. The van der Waals surface area contributed by atoms with Crippen LogP contribution in [0.1, 0.15) is 26.3 Å². The van der Waals surface area contributed by atoms with Gasteiger partial charge in [0.15, 0.2) is 5.84 Å². The molecule has 0 fully saturated rings. The summed E-state index contributed by atoms with van der Waals surface area (Å²) in [7, 11) is -2.47. The van der Waals surface area contributed by atoms with E-state index in [1.165, 1.54) is 0 Å². The van der Waals surface area contributed by atoms with Gasteiger partial charge in [-0.2, -0.15) is 5.26 Å². The summed E-state index contributed by atoms with van der Waals surface area (Å²) in [6.07, 6.45) is 0. The third-order valence-corrected chi connectivity index (χ3v) is 7.99. The number of nitriles is 1. The van der Waals surface area contributed by atoms with Gasteiger partial charge < -0.3 is 5.09 Å². The number of nitrogens with zero attached hydrogens (tertiary/aromatic N) is 3. The first-order chi connectivity index (χ1) is 14.9. The number of nitrogens with one attached hydrogen (secondary N) is 1. The monoisotopic (exact) mass is 424 g/mol. The first-order valence-corrected chi connectivity index (χ1v) is 12.0. The molecule has 0 amide bonds. The smallest absolute Gasteiger partial charge is 0.169 e. The standard InChI is InChI=1S/C26H25N4P/c1-26(2,3)28-25-23(19-27)24(20-13-7-4-8-14-20)29-31(30-25,21-15-9-5-10-16-21)22-17-11-6-12-18-22/h4-18H,1-3H3,(H,28,29). The molecular formula is C26H25N4P. The van der Waals surface area contributed by atoms with Crippen molar-refractivity contribution in [3.63, 3.8) is 0 Å². The quantitative estimate of drug-likeness (QED) is 0.565. The first-order valence-electron chi connectivity index (χ1n) is 10.2. The number of aliphatic imine (C=N–C) groups is 1. The van der Waals surface area contributed by atoms with Crippen LogP contribution in [0.15, 0.2) is 106 Å². The van der Waals surface area contributed by atoms with Gasteiger partial charge in [-0.15, -0.1) is 0 Å². The van der Waals surface area contributed by atoms with Crippen LogP contribution in [0.3, 0.4) is 0 Å². The van der Waals surface area contributed by atoms with Crippen molar-refractivity contribution in [3.8, 4) is 6.07 Å². The normalized spacial score (nSPS) is 16.9. The molecule has 0 aliphatic carbocycles. The molecule has 3 aromatic carbocycles. The Morgan fingerprint density at radius 3 is 1.74 bits per heavy atom.